The Hall–Kier alpha value is -1.09. The molecule has 1 rings (SSSR count). The molecular weight excluding hydrogens is 279 g/mol. The number of hydrogen-bond acceptors (Lipinski definition) is 2. The van der Waals surface area contributed by atoms with E-state index in [4.69, 9.17) is 11.0 Å². The van der Waals surface area contributed by atoms with Crippen LogP contribution in [0.25, 0.3) is 0 Å². The fourth-order valence-corrected chi connectivity index (χ4v) is 1.72. The number of carbonyl (C=O) groups excluding carboxylic acids is 1. The van der Waals surface area contributed by atoms with Crippen molar-refractivity contribution in [1.82, 2.24) is 0 Å². The van der Waals surface area contributed by atoms with Crippen molar-refractivity contribution < 1.29 is 4.79 Å². The van der Waals surface area contributed by atoms with E-state index in [2.05, 4.69) is 0 Å². The predicted molar refractivity (Wildman–Crippen MR) is 57.1 cm³/mol. The first-order valence-corrected chi connectivity index (χ1v) is 4.64. The summed E-state index contributed by atoms with van der Waals surface area (Å²) in [6.45, 7) is 1.78. The number of benzene rings is 1. The Morgan fingerprint density at radius 1 is 1.62 bits per heavy atom. The largest absolute Gasteiger partial charge is 0.366 e. The summed E-state index contributed by atoms with van der Waals surface area (Å²) in [5.74, 6) is -0.461. The van der Waals surface area contributed by atoms with Gasteiger partial charge in [0, 0.05) is 3.57 Å². The van der Waals surface area contributed by atoms with E-state index in [1.54, 1.807) is 19.1 Å². The van der Waals surface area contributed by atoms with Crippen LogP contribution in [0.15, 0.2) is 12.1 Å². The number of aryl methyl sites for hydroxylation is 1. The maximum atomic E-state index is 10.9. The molecule has 1 aromatic rings. The van der Waals surface area contributed by atoms with Gasteiger partial charge >= 0.3 is 0 Å². The average Bonchev–Trinajstić information content (AvgIpc) is 2.07. The van der Waals surface area contributed by atoms with Crippen molar-refractivity contribution in [1.29, 1.82) is 5.26 Å². The summed E-state index contributed by atoms with van der Waals surface area (Å²) in [5.41, 5.74) is 6.97. The maximum Gasteiger partial charge on any atom is 0.249 e. The lowest BCUT2D eigenvalue weighted by Gasteiger charge is -2.03. The average molecular weight is 286 g/mol. The van der Waals surface area contributed by atoms with Crippen LogP contribution in [-0.4, -0.2) is 5.91 Å². The molecule has 0 heterocycles. The number of primary amides is 1. The van der Waals surface area contributed by atoms with E-state index in [-0.39, 0.29) is 0 Å². The molecule has 3 nitrogen and oxygen atoms in total. The van der Waals surface area contributed by atoms with Crippen molar-refractivity contribution in [2.75, 3.05) is 0 Å². The molecule has 0 bridgehead atoms. The van der Waals surface area contributed by atoms with Gasteiger partial charge < -0.3 is 5.73 Å². The van der Waals surface area contributed by atoms with Gasteiger partial charge in [-0.05, 0) is 47.2 Å². The highest BCUT2D eigenvalue weighted by atomic mass is 127. The topological polar surface area (TPSA) is 66.9 Å². The predicted octanol–water partition coefficient (Wildman–Crippen LogP) is 1.57. The number of rotatable bonds is 1. The minimum atomic E-state index is -0.461. The van der Waals surface area contributed by atoms with Crippen LogP contribution in [0.1, 0.15) is 21.5 Å². The molecule has 4 heteroatoms. The zero-order valence-corrected chi connectivity index (χ0v) is 9.12. The summed E-state index contributed by atoms with van der Waals surface area (Å²) in [5, 5.41) is 8.70. The molecule has 0 unspecified atom stereocenters. The van der Waals surface area contributed by atoms with Gasteiger partial charge in [0.25, 0.3) is 0 Å². The van der Waals surface area contributed by atoms with Crippen LogP contribution < -0.4 is 5.73 Å². The summed E-state index contributed by atoms with van der Waals surface area (Å²) < 4.78 is 0.715. The summed E-state index contributed by atoms with van der Waals surface area (Å²) in [6, 6.07) is 5.35. The second-order valence-electron chi connectivity index (χ2n) is 2.62. The Labute approximate surface area is 89.7 Å². The molecule has 0 aliphatic carbocycles. The Kier molecular flexibility index (Phi) is 2.88. The molecule has 0 fully saturated rings. The Morgan fingerprint density at radius 3 is 2.69 bits per heavy atom. The molecule has 0 saturated carbocycles. The van der Waals surface area contributed by atoms with Crippen molar-refractivity contribution in [3.8, 4) is 6.07 Å². The Balaban J connectivity index is 3.39. The van der Waals surface area contributed by atoms with Gasteiger partial charge in [0.2, 0.25) is 5.91 Å². The monoisotopic (exact) mass is 286 g/mol. The zero-order chi connectivity index (χ0) is 10.0. The summed E-state index contributed by atoms with van der Waals surface area (Å²) in [7, 11) is 0. The molecule has 1 amide bonds. The maximum absolute atomic E-state index is 10.9. The molecule has 13 heavy (non-hydrogen) atoms. The smallest absolute Gasteiger partial charge is 0.249 e. The van der Waals surface area contributed by atoms with Gasteiger partial charge in [0.15, 0.2) is 0 Å². The molecule has 0 spiro atoms. The lowest BCUT2D eigenvalue weighted by Crippen LogP contribution is -2.13. The van der Waals surface area contributed by atoms with Gasteiger partial charge in [-0.1, -0.05) is 0 Å². The van der Waals surface area contributed by atoms with Crippen molar-refractivity contribution in [2.45, 2.75) is 6.92 Å². The molecule has 0 saturated heterocycles. The van der Waals surface area contributed by atoms with E-state index in [0.29, 0.717) is 14.7 Å². The van der Waals surface area contributed by atoms with Crippen molar-refractivity contribution in [3.63, 3.8) is 0 Å². The normalized spacial score (nSPS) is 9.31. The SMILES string of the molecule is Cc1cc(C(N)=O)c(I)cc1C#N. The van der Waals surface area contributed by atoms with Crippen molar-refractivity contribution >= 4 is 28.5 Å². The zero-order valence-electron chi connectivity index (χ0n) is 6.97. The third-order valence-corrected chi connectivity index (χ3v) is 2.59. The van der Waals surface area contributed by atoms with E-state index < -0.39 is 5.91 Å². The molecular formula is C9H7IN2O. The van der Waals surface area contributed by atoms with E-state index >= 15 is 0 Å². The molecule has 0 aliphatic rings. The number of amides is 1. The van der Waals surface area contributed by atoms with Gasteiger partial charge in [0.05, 0.1) is 17.2 Å². The van der Waals surface area contributed by atoms with E-state index in [0.717, 1.165) is 5.56 Å². The Bertz CT molecular complexity index is 407. The number of nitriles is 1. The first-order chi connectivity index (χ1) is 6.06. The van der Waals surface area contributed by atoms with E-state index in [1.165, 1.54) is 0 Å². The second-order valence-corrected chi connectivity index (χ2v) is 3.79. The minimum absolute atomic E-state index is 0.461. The van der Waals surface area contributed by atoms with Crippen molar-refractivity contribution in [2.24, 2.45) is 5.73 Å². The standard InChI is InChI=1S/C9H7IN2O/c1-5-2-7(9(12)13)8(10)3-6(5)4-11/h2-3H,1H3,(H2,12,13). The molecule has 0 aromatic heterocycles. The summed E-state index contributed by atoms with van der Waals surface area (Å²) in [4.78, 5) is 10.9. The van der Waals surface area contributed by atoms with Gasteiger partial charge in [-0.25, -0.2) is 0 Å². The van der Waals surface area contributed by atoms with Crippen molar-refractivity contribution in [3.05, 3.63) is 32.4 Å². The number of halogens is 1. The second kappa shape index (κ2) is 3.75. The summed E-state index contributed by atoms with van der Waals surface area (Å²) >= 11 is 1.99. The van der Waals surface area contributed by atoms with Gasteiger partial charge in [-0.3, -0.25) is 4.79 Å². The van der Waals surface area contributed by atoms with Crippen LogP contribution in [0.2, 0.25) is 0 Å². The van der Waals surface area contributed by atoms with E-state index in [1.807, 2.05) is 28.7 Å². The fraction of sp³-hybridized carbons (Fsp3) is 0.111. The van der Waals surface area contributed by atoms with Crippen LogP contribution in [0.3, 0.4) is 0 Å². The molecule has 0 radical (unpaired) electrons. The number of nitrogens with zero attached hydrogens (tertiary/aromatic N) is 1. The van der Waals surface area contributed by atoms with Crippen LogP contribution >= 0.6 is 22.6 Å². The highest BCUT2D eigenvalue weighted by Crippen LogP contribution is 2.17. The molecule has 2 N–H and O–H groups in total. The third-order valence-electron chi connectivity index (χ3n) is 1.70. The van der Waals surface area contributed by atoms with Gasteiger partial charge in [-0.15, -0.1) is 0 Å². The molecule has 0 atom stereocenters. The molecule has 0 aliphatic heterocycles. The first-order valence-electron chi connectivity index (χ1n) is 3.56. The molecule has 1 aromatic carbocycles. The third kappa shape index (κ3) is 1.98. The van der Waals surface area contributed by atoms with Gasteiger partial charge in [0.1, 0.15) is 0 Å². The highest BCUT2D eigenvalue weighted by molar-refractivity contribution is 14.1. The van der Waals surface area contributed by atoms with Crippen LogP contribution in [0.5, 0.6) is 0 Å². The molecule has 66 valence electrons. The van der Waals surface area contributed by atoms with Crippen LogP contribution in [-0.2, 0) is 0 Å². The quantitative estimate of drug-likeness (QED) is 0.796. The summed E-state index contributed by atoms with van der Waals surface area (Å²) in [6.07, 6.45) is 0. The van der Waals surface area contributed by atoms with Crippen LogP contribution in [0.4, 0.5) is 0 Å². The number of hydrogen-bond donors (Lipinski definition) is 1. The number of carbonyl (C=O) groups is 1. The minimum Gasteiger partial charge on any atom is -0.366 e. The Morgan fingerprint density at radius 2 is 2.23 bits per heavy atom. The fourth-order valence-electron chi connectivity index (χ4n) is 0.991. The van der Waals surface area contributed by atoms with E-state index in [9.17, 15) is 4.79 Å². The lowest BCUT2D eigenvalue weighted by atomic mass is 10.1. The van der Waals surface area contributed by atoms with Crippen LogP contribution in [0, 0.1) is 21.8 Å². The highest BCUT2D eigenvalue weighted by Gasteiger charge is 2.08. The lowest BCUT2D eigenvalue weighted by molar-refractivity contribution is 0.0999. The number of nitrogens with two attached hydrogens (primary N) is 1. The van der Waals surface area contributed by atoms with Gasteiger partial charge in [-0.2, -0.15) is 5.26 Å². The first kappa shape index (κ1) is 9.99.